The van der Waals surface area contributed by atoms with Gasteiger partial charge in [-0.2, -0.15) is 0 Å². The fourth-order valence-corrected chi connectivity index (χ4v) is 3.04. The molecule has 0 aliphatic heterocycles. The number of hydrogen-bond donors (Lipinski definition) is 1. The molecular formula is C20H17N3O. The van der Waals surface area contributed by atoms with Crippen molar-refractivity contribution < 1.29 is 4.79 Å². The largest absolute Gasteiger partial charge is 0.335 e. The lowest BCUT2D eigenvalue weighted by atomic mass is 10.2. The van der Waals surface area contributed by atoms with E-state index in [1.165, 1.54) is 0 Å². The average molecular weight is 315 g/mol. The highest BCUT2D eigenvalue weighted by Gasteiger charge is 2.10. The molecule has 0 fully saturated rings. The van der Waals surface area contributed by atoms with Gasteiger partial charge in [-0.1, -0.05) is 36.4 Å². The van der Waals surface area contributed by atoms with Crippen molar-refractivity contribution in [1.82, 2.24) is 9.55 Å². The van der Waals surface area contributed by atoms with Gasteiger partial charge in [0.1, 0.15) is 6.54 Å². The number of aromatic nitrogens is 2. The van der Waals surface area contributed by atoms with E-state index < -0.39 is 0 Å². The molecule has 0 saturated heterocycles. The first-order valence-electron chi connectivity index (χ1n) is 7.90. The van der Waals surface area contributed by atoms with E-state index in [0.29, 0.717) is 5.69 Å². The number of carbonyl (C=O) groups is 1. The van der Waals surface area contributed by atoms with Gasteiger partial charge in [0.25, 0.3) is 0 Å². The second-order valence-electron chi connectivity index (χ2n) is 5.90. The van der Waals surface area contributed by atoms with E-state index in [9.17, 15) is 4.79 Å². The molecule has 0 aliphatic rings. The minimum absolute atomic E-state index is 0.0588. The fraction of sp³-hybridized carbons (Fsp3) is 0.100. The zero-order valence-corrected chi connectivity index (χ0v) is 13.4. The normalized spacial score (nSPS) is 11.0. The standard InChI is InChI=1S/C20H17N3O/c1-14-10-16-7-3-5-9-19(16)23(14)13-20(24)22-17-11-15-6-2-4-8-18(15)21-12-17/h2-12H,13H2,1H3,(H,22,24). The first-order valence-corrected chi connectivity index (χ1v) is 7.90. The van der Waals surface area contributed by atoms with Crippen molar-refractivity contribution >= 4 is 33.4 Å². The minimum Gasteiger partial charge on any atom is -0.335 e. The Hall–Kier alpha value is -3.14. The van der Waals surface area contributed by atoms with Crippen LogP contribution in [0.25, 0.3) is 21.8 Å². The van der Waals surface area contributed by atoms with E-state index >= 15 is 0 Å². The van der Waals surface area contributed by atoms with Crippen LogP contribution in [0.15, 0.2) is 66.9 Å². The minimum atomic E-state index is -0.0588. The molecular weight excluding hydrogens is 298 g/mol. The van der Waals surface area contributed by atoms with E-state index in [1.54, 1.807) is 6.20 Å². The monoisotopic (exact) mass is 315 g/mol. The van der Waals surface area contributed by atoms with Gasteiger partial charge in [-0.25, -0.2) is 0 Å². The van der Waals surface area contributed by atoms with Crippen molar-refractivity contribution in [3.8, 4) is 0 Å². The summed E-state index contributed by atoms with van der Waals surface area (Å²) < 4.78 is 2.03. The van der Waals surface area contributed by atoms with Gasteiger partial charge in [0.15, 0.2) is 0 Å². The molecule has 0 radical (unpaired) electrons. The summed E-state index contributed by atoms with van der Waals surface area (Å²) in [5.41, 5.74) is 3.78. The number of nitrogens with one attached hydrogen (secondary N) is 1. The molecule has 118 valence electrons. The van der Waals surface area contributed by atoms with Crippen molar-refractivity contribution in [3.05, 3.63) is 72.6 Å². The Bertz CT molecular complexity index is 1050. The summed E-state index contributed by atoms with van der Waals surface area (Å²) in [5, 5.41) is 5.10. The Morgan fingerprint density at radius 3 is 2.67 bits per heavy atom. The van der Waals surface area contributed by atoms with E-state index in [2.05, 4.69) is 22.4 Å². The van der Waals surface area contributed by atoms with Gasteiger partial charge in [-0.3, -0.25) is 9.78 Å². The van der Waals surface area contributed by atoms with Crippen LogP contribution in [0, 0.1) is 6.92 Å². The molecule has 0 saturated carbocycles. The van der Waals surface area contributed by atoms with Gasteiger partial charge in [-0.15, -0.1) is 0 Å². The predicted octanol–water partition coefficient (Wildman–Crippen LogP) is 4.14. The number of nitrogens with zero attached hydrogens (tertiary/aromatic N) is 2. The van der Waals surface area contributed by atoms with E-state index in [4.69, 9.17) is 0 Å². The van der Waals surface area contributed by atoms with Crippen LogP contribution in [0.2, 0.25) is 0 Å². The maximum Gasteiger partial charge on any atom is 0.244 e. The Morgan fingerprint density at radius 1 is 1.04 bits per heavy atom. The summed E-state index contributed by atoms with van der Waals surface area (Å²) in [6.07, 6.45) is 1.70. The van der Waals surface area contributed by atoms with Crippen LogP contribution < -0.4 is 5.32 Å². The Balaban J connectivity index is 1.58. The van der Waals surface area contributed by atoms with E-state index in [-0.39, 0.29) is 12.5 Å². The first kappa shape index (κ1) is 14.5. The summed E-state index contributed by atoms with van der Waals surface area (Å²) in [7, 11) is 0. The third-order valence-corrected chi connectivity index (χ3v) is 4.19. The SMILES string of the molecule is Cc1cc2ccccc2n1CC(=O)Nc1cnc2ccccc2c1. The van der Waals surface area contributed by atoms with Crippen molar-refractivity contribution in [3.63, 3.8) is 0 Å². The Morgan fingerprint density at radius 2 is 1.79 bits per heavy atom. The number of pyridine rings is 1. The van der Waals surface area contributed by atoms with Crippen LogP contribution >= 0.6 is 0 Å². The number of amides is 1. The number of benzene rings is 2. The molecule has 0 spiro atoms. The summed E-state index contributed by atoms with van der Waals surface area (Å²) in [5.74, 6) is -0.0588. The highest BCUT2D eigenvalue weighted by atomic mass is 16.1. The number of para-hydroxylation sites is 2. The molecule has 2 heterocycles. The number of aryl methyl sites for hydroxylation is 1. The molecule has 4 aromatic rings. The maximum absolute atomic E-state index is 12.5. The lowest BCUT2D eigenvalue weighted by Crippen LogP contribution is -2.19. The summed E-state index contributed by atoms with van der Waals surface area (Å²) in [6.45, 7) is 2.30. The molecule has 0 aliphatic carbocycles. The molecule has 1 N–H and O–H groups in total. The molecule has 4 nitrogen and oxygen atoms in total. The van der Waals surface area contributed by atoms with Gasteiger partial charge in [-0.05, 0) is 36.6 Å². The van der Waals surface area contributed by atoms with E-state index in [1.807, 2.05) is 60.0 Å². The molecule has 0 bridgehead atoms. The van der Waals surface area contributed by atoms with Crippen molar-refractivity contribution in [2.75, 3.05) is 5.32 Å². The molecule has 2 aromatic carbocycles. The third-order valence-electron chi connectivity index (χ3n) is 4.19. The van der Waals surface area contributed by atoms with Crippen LogP contribution in [0.5, 0.6) is 0 Å². The lowest BCUT2D eigenvalue weighted by molar-refractivity contribution is -0.116. The molecule has 1 amide bonds. The van der Waals surface area contributed by atoms with Gasteiger partial charge in [0, 0.05) is 16.6 Å². The van der Waals surface area contributed by atoms with Gasteiger partial charge in [0.2, 0.25) is 5.91 Å². The molecule has 0 atom stereocenters. The lowest BCUT2D eigenvalue weighted by Gasteiger charge is -2.10. The number of hydrogen-bond acceptors (Lipinski definition) is 2. The van der Waals surface area contributed by atoms with Gasteiger partial charge in [0.05, 0.1) is 17.4 Å². The quantitative estimate of drug-likeness (QED) is 0.618. The molecule has 2 aromatic heterocycles. The van der Waals surface area contributed by atoms with Crippen molar-refractivity contribution in [2.45, 2.75) is 13.5 Å². The molecule has 4 rings (SSSR count). The van der Waals surface area contributed by atoms with Crippen LogP contribution in [-0.2, 0) is 11.3 Å². The first-order chi connectivity index (χ1) is 11.7. The third kappa shape index (κ3) is 2.63. The number of rotatable bonds is 3. The topological polar surface area (TPSA) is 46.9 Å². The second-order valence-corrected chi connectivity index (χ2v) is 5.90. The van der Waals surface area contributed by atoms with Crippen LogP contribution in [-0.4, -0.2) is 15.5 Å². The number of carbonyl (C=O) groups excluding carboxylic acids is 1. The molecule has 24 heavy (non-hydrogen) atoms. The van der Waals surface area contributed by atoms with Crippen molar-refractivity contribution in [2.24, 2.45) is 0 Å². The maximum atomic E-state index is 12.5. The highest BCUT2D eigenvalue weighted by molar-refractivity contribution is 5.94. The Labute approximate surface area is 139 Å². The molecule has 0 unspecified atom stereocenters. The van der Waals surface area contributed by atoms with Crippen LogP contribution in [0.1, 0.15) is 5.69 Å². The number of anilines is 1. The van der Waals surface area contributed by atoms with Gasteiger partial charge >= 0.3 is 0 Å². The summed E-state index contributed by atoms with van der Waals surface area (Å²) in [4.78, 5) is 16.8. The summed E-state index contributed by atoms with van der Waals surface area (Å²) in [6, 6.07) is 20.0. The van der Waals surface area contributed by atoms with Crippen LogP contribution in [0.3, 0.4) is 0 Å². The number of fused-ring (bicyclic) bond motifs is 2. The predicted molar refractivity (Wildman–Crippen MR) is 97.0 cm³/mol. The highest BCUT2D eigenvalue weighted by Crippen LogP contribution is 2.20. The average Bonchev–Trinajstić information content (AvgIpc) is 2.90. The Kier molecular flexibility index (Phi) is 3.50. The van der Waals surface area contributed by atoms with Crippen LogP contribution in [0.4, 0.5) is 5.69 Å². The molecule has 4 heteroatoms. The second kappa shape index (κ2) is 5.81. The van der Waals surface area contributed by atoms with E-state index in [0.717, 1.165) is 27.5 Å². The van der Waals surface area contributed by atoms with Gasteiger partial charge < -0.3 is 9.88 Å². The zero-order chi connectivity index (χ0) is 16.5. The smallest absolute Gasteiger partial charge is 0.244 e. The van der Waals surface area contributed by atoms with Crippen molar-refractivity contribution in [1.29, 1.82) is 0 Å². The zero-order valence-electron chi connectivity index (χ0n) is 13.4. The summed E-state index contributed by atoms with van der Waals surface area (Å²) >= 11 is 0. The fourth-order valence-electron chi connectivity index (χ4n) is 3.04.